The van der Waals surface area contributed by atoms with E-state index in [0.717, 1.165) is 17.5 Å². The molecule has 6 nitrogen and oxygen atoms in total. The van der Waals surface area contributed by atoms with Crippen molar-refractivity contribution in [3.63, 3.8) is 0 Å². The van der Waals surface area contributed by atoms with Crippen LogP contribution in [0.3, 0.4) is 0 Å². The number of aromatic nitrogens is 1. The Hall–Kier alpha value is -2.13. The van der Waals surface area contributed by atoms with Gasteiger partial charge in [0.1, 0.15) is 0 Å². The van der Waals surface area contributed by atoms with Crippen LogP contribution in [0.25, 0.3) is 0 Å². The highest BCUT2D eigenvalue weighted by Crippen LogP contribution is 2.42. The lowest BCUT2D eigenvalue weighted by Gasteiger charge is -2.44. The number of nitrogens with zero attached hydrogens (tertiary/aromatic N) is 2. The summed E-state index contributed by atoms with van der Waals surface area (Å²) in [6, 6.07) is 16.2. The second kappa shape index (κ2) is 11.3. The van der Waals surface area contributed by atoms with Crippen LogP contribution in [0.2, 0.25) is 10.0 Å². The normalized spacial score (nSPS) is 19.6. The molecule has 1 aliphatic rings. The van der Waals surface area contributed by atoms with E-state index in [9.17, 15) is 14.1 Å². The molecule has 1 aromatic heterocycles. The van der Waals surface area contributed by atoms with Crippen molar-refractivity contribution in [1.82, 2.24) is 9.88 Å². The molecule has 37 heavy (non-hydrogen) atoms. The minimum absolute atomic E-state index is 0.300. The molecular formula is C28H30Cl2N2O4S. The molecule has 1 fully saturated rings. The first-order valence-electron chi connectivity index (χ1n) is 12.0. The molecule has 0 spiro atoms. The van der Waals surface area contributed by atoms with Crippen molar-refractivity contribution in [3.05, 3.63) is 98.8 Å². The summed E-state index contributed by atoms with van der Waals surface area (Å²) in [5, 5.41) is 11.7. The molecule has 2 aromatic carbocycles. The van der Waals surface area contributed by atoms with Gasteiger partial charge in [-0.05, 0) is 63.2 Å². The highest BCUT2D eigenvalue weighted by molar-refractivity contribution is 7.85. The second-order valence-electron chi connectivity index (χ2n) is 9.79. The summed E-state index contributed by atoms with van der Waals surface area (Å²) in [5.41, 5.74) is 0.708. The van der Waals surface area contributed by atoms with Gasteiger partial charge in [-0.2, -0.15) is 0 Å². The summed E-state index contributed by atoms with van der Waals surface area (Å²) in [6.07, 6.45) is 2.70. The number of carbonyl (C=O) groups is 1. The fourth-order valence-electron chi connectivity index (χ4n) is 4.65. The number of aldehydes is 1. The maximum absolute atomic E-state index is 12.5. The standard InChI is InChI=1S/C28H30Cl2N2O4S/c1-27(2,34)21-6-11-26(19(14-21)17-33)28(20-4-7-22(29)8-5-20,36-25-12-13-37(35)18-25)32(3)16-24-10-9-23(30)15-31-24/h4-11,14-15,17,25,34H,12-13,16,18H2,1-3H3/t25?,28-,37?/m1/s1. The van der Waals surface area contributed by atoms with E-state index in [1.807, 2.05) is 36.2 Å². The Morgan fingerprint density at radius 2 is 1.78 bits per heavy atom. The van der Waals surface area contributed by atoms with E-state index in [-0.39, 0.29) is 6.10 Å². The molecule has 1 N–H and O–H groups in total. The van der Waals surface area contributed by atoms with Gasteiger partial charge in [-0.3, -0.25) is 18.9 Å². The zero-order chi connectivity index (χ0) is 26.8. The van der Waals surface area contributed by atoms with E-state index >= 15 is 0 Å². The van der Waals surface area contributed by atoms with E-state index in [2.05, 4.69) is 4.98 Å². The predicted octanol–water partition coefficient (Wildman–Crippen LogP) is 5.30. The molecule has 1 saturated heterocycles. The van der Waals surface area contributed by atoms with Crippen molar-refractivity contribution in [1.29, 1.82) is 0 Å². The first-order chi connectivity index (χ1) is 17.5. The third-order valence-electron chi connectivity index (χ3n) is 6.59. The minimum Gasteiger partial charge on any atom is -0.386 e. The maximum Gasteiger partial charge on any atom is 0.175 e. The summed E-state index contributed by atoms with van der Waals surface area (Å²) >= 11 is 12.3. The van der Waals surface area contributed by atoms with Gasteiger partial charge in [0, 0.05) is 56.8 Å². The number of hydrogen-bond acceptors (Lipinski definition) is 6. The lowest BCUT2D eigenvalue weighted by molar-refractivity contribution is -0.156. The van der Waals surface area contributed by atoms with E-state index in [1.165, 1.54) is 0 Å². The Bertz CT molecular complexity index is 1280. The Balaban J connectivity index is 1.94. The van der Waals surface area contributed by atoms with Gasteiger partial charge < -0.3 is 9.84 Å². The Labute approximate surface area is 230 Å². The van der Waals surface area contributed by atoms with Gasteiger partial charge in [-0.1, -0.05) is 47.5 Å². The summed E-state index contributed by atoms with van der Waals surface area (Å²) in [4.78, 5) is 18.9. The Morgan fingerprint density at radius 1 is 1.11 bits per heavy atom. The smallest absolute Gasteiger partial charge is 0.175 e. The van der Waals surface area contributed by atoms with Crippen LogP contribution in [0.4, 0.5) is 0 Å². The van der Waals surface area contributed by atoms with Gasteiger partial charge in [0.2, 0.25) is 0 Å². The van der Waals surface area contributed by atoms with E-state index in [1.54, 1.807) is 50.4 Å². The Kier molecular flexibility index (Phi) is 8.53. The number of rotatable bonds is 9. The van der Waals surface area contributed by atoms with E-state index < -0.39 is 22.1 Å². The first kappa shape index (κ1) is 27.9. The molecule has 2 heterocycles. The third-order valence-corrected chi connectivity index (χ3v) is 8.50. The van der Waals surface area contributed by atoms with Crippen molar-refractivity contribution in [2.45, 2.75) is 44.2 Å². The van der Waals surface area contributed by atoms with Crippen molar-refractivity contribution in [2.24, 2.45) is 0 Å². The lowest BCUT2D eigenvalue weighted by Crippen LogP contribution is -2.49. The molecule has 1 aliphatic heterocycles. The van der Waals surface area contributed by atoms with Gasteiger partial charge in [0.25, 0.3) is 0 Å². The molecule has 3 aromatic rings. The molecule has 0 saturated carbocycles. The second-order valence-corrected chi connectivity index (χ2v) is 12.3. The zero-order valence-electron chi connectivity index (χ0n) is 21.0. The fraction of sp³-hybridized carbons (Fsp3) is 0.357. The summed E-state index contributed by atoms with van der Waals surface area (Å²) in [6.45, 7) is 3.71. The average molecular weight is 562 g/mol. The molecule has 0 aliphatic carbocycles. The van der Waals surface area contributed by atoms with Crippen molar-refractivity contribution in [2.75, 3.05) is 18.6 Å². The number of halogens is 2. The van der Waals surface area contributed by atoms with Gasteiger partial charge in [-0.15, -0.1) is 0 Å². The number of ether oxygens (including phenoxy) is 1. The number of aliphatic hydroxyl groups is 1. The highest BCUT2D eigenvalue weighted by Gasteiger charge is 2.45. The molecule has 0 radical (unpaired) electrons. The van der Waals surface area contributed by atoms with E-state index in [4.69, 9.17) is 27.9 Å². The molecule has 0 bridgehead atoms. The largest absolute Gasteiger partial charge is 0.386 e. The zero-order valence-corrected chi connectivity index (χ0v) is 23.3. The number of carbonyl (C=O) groups excluding carboxylic acids is 1. The predicted molar refractivity (Wildman–Crippen MR) is 147 cm³/mol. The molecule has 0 amide bonds. The number of hydrogen-bond donors (Lipinski definition) is 1. The quantitative estimate of drug-likeness (QED) is 0.282. The van der Waals surface area contributed by atoms with Crippen LogP contribution in [0.15, 0.2) is 60.8 Å². The van der Waals surface area contributed by atoms with Crippen LogP contribution in [0, 0.1) is 0 Å². The van der Waals surface area contributed by atoms with Crippen LogP contribution in [0.5, 0.6) is 0 Å². The number of benzene rings is 2. The average Bonchev–Trinajstić information content (AvgIpc) is 3.28. The maximum atomic E-state index is 12.5. The topological polar surface area (TPSA) is 79.7 Å². The highest BCUT2D eigenvalue weighted by atomic mass is 35.5. The molecular weight excluding hydrogens is 531 g/mol. The van der Waals surface area contributed by atoms with Crippen molar-refractivity contribution >= 4 is 40.3 Å². The SMILES string of the molecule is CN(Cc1ccc(Cl)cn1)[C@@](OC1CCS(=O)C1)(c1ccc(Cl)cc1)c1ccc(C(C)(C)O)cc1C=O. The fourth-order valence-corrected chi connectivity index (χ4v) is 6.23. The first-order valence-corrected chi connectivity index (χ1v) is 14.2. The number of pyridine rings is 1. The van der Waals surface area contributed by atoms with E-state index in [0.29, 0.717) is 51.2 Å². The van der Waals surface area contributed by atoms with Crippen molar-refractivity contribution < 1.29 is 18.8 Å². The van der Waals surface area contributed by atoms with Crippen LogP contribution < -0.4 is 0 Å². The Morgan fingerprint density at radius 3 is 2.35 bits per heavy atom. The molecule has 9 heteroatoms. The summed E-state index contributed by atoms with van der Waals surface area (Å²) < 4.78 is 19.2. The summed E-state index contributed by atoms with van der Waals surface area (Å²) in [5.74, 6) is 0.961. The molecule has 3 atom stereocenters. The van der Waals surface area contributed by atoms with Gasteiger partial charge in [0.15, 0.2) is 12.0 Å². The molecule has 2 unspecified atom stereocenters. The monoisotopic (exact) mass is 560 g/mol. The lowest BCUT2D eigenvalue weighted by atomic mass is 9.86. The summed E-state index contributed by atoms with van der Waals surface area (Å²) in [7, 11) is 0.923. The van der Waals surface area contributed by atoms with Gasteiger partial charge >= 0.3 is 0 Å². The van der Waals surface area contributed by atoms with Crippen LogP contribution in [-0.4, -0.2) is 50.1 Å². The minimum atomic E-state index is -1.25. The van der Waals surface area contributed by atoms with Crippen LogP contribution >= 0.6 is 23.2 Å². The molecule has 4 rings (SSSR count). The third kappa shape index (κ3) is 6.14. The van der Waals surface area contributed by atoms with Crippen molar-refractivity contribution in [3.8, 4) is 0 Å². The van der Waals surface area contributed by atoms with Gasteiger partial charge in [-0.25, -0.2) is 0 Å². The van der Waals surface area contributed by atoms with Crippen LogP contribution in [0.1, 0.15) is 53.0 Å². The van der Waals surface area contributed by atoms with Crippen LogP contribution in [-0.2, 0) is 33.4 Å². The molecule has 196 valence electrons. The van der Waals surface area contributed by atoms with Gasteiger partial charge in [0.05, 0.1) is 22.4 Å².